The fraction of sp³-hybridized carbons (Fsp3) is 0.371. The van der Waals surface area contributed by atoms with Crippen LogP contribution in [0.5, 0.6) is 0 Å². The minimum absolute atomic E-state index is 0.00424. The van der Waals surface area contributed by atoms with Gasteiger partial charge in [-0.2, -0.15) is 0 Å². The maximum atomic E-state index is 14.9. The van der Waals surface area contributed by atoms with Crippen LogP contribution in [0.2, 0.25) is 0 Å². The van der Waals surface area contributed by atoms with Crippen LogP contribution in [0.25, 0.3) is 0 Å². The molecule has 3 aromatic heterocycles. The first-order chi connectivity index (χ1) is 41.9. The number of carbonyl (C=O) groups excluding carboxylic acids is 3. The molecule has 3 spiro atoms. The van der Waals surface area contributed by atoms with Gasteiger partial charge in [0.2, 0.25) is 0 Å². The quantitative estimate of drug-likeness (QED) is 0.0735. The number of amides is 3. The molecule has 1 aliphatic carbocycles. The number of hydrogen-bond donors (Lipinski definition) is 6. The number of hydrogen-bond acceptors (Lipinski definition) is 17. The van der Waals surface area contributed by atoms with Crippen LogP contribution in [-0.4, -0.2) is 92.3 Å². The molecule has 12 rings (SSSR count). The van der Waals surface area contributed by atoms with Crippen LogP contribution in [0.15, 0.2) is 125 Å². The van der Waals surface area contributed by atoms with E-state index in [9.17, 15) is 40.7 Å². The number of thioether (sulfide) groups is 1. The van der Waals surface area contributed by atoms with Crippen LogP contribution in [0, 0.1) is 34.9 Å². The number of halogens is 6. The Hall–Kier alpha value is -8.62. The summed E-state index contributed by atoms with van der Waals surface area (Å²) in [5, 5.41) is 8.15. The Kier molecular flexibility index (Phi) is 17.9. The normalized spacial score (nSPS) is 22.9. The van der Waals surface area contributed by atoms with Crippen molar-refractivity contribution < 1.29 is 59.7 Å². The molecule has 0 bridgehead atoms. The molecule has 9 N–H and O–H groups in total. The molecule has 462 valence electrons. The molecule has 5 aliphatic heterocycles. The average Bonchev–Trinajstić information content (AvgIpc) is 0.931. The van der Waals surface area contributed by atoms with E-state index in [0.29, 0.717) is 69.3 Å². The van der Waals surface area contributed by atoms with Gasteiger partial charge in [-0.15, -0.1) is 0 Å². The van der Waals surface area contributed by atoms with E-state index in [2.05, 4.69) is 45.9 Å². The maximum absolute atomic E-state index is 14.9. The van der Waals surface area contributed by atoms with Crippen LogP contribution < -0.4 is 33.2 Å². The highest BCUT2D eigenvalue weighted by molar-refractivity contribution is 8.15. The number of nitrogens with one attached hydrogen (secondary N) is 3. The van der Waals surface area contributed by atoms with Crippen molar-refractivity contribution in [2.45, 2.75) is 118 Å². The topological polar surface area (TPSA) is 278 Å². The zero-order chi connectivity index (χ0) is 62.7. The van der Waals surface area contributed by atoms with Crippen LogP contribution in [0.4, 0.5) is 43.8 Å². The molecule has 3 fully saturated rings. The van der Waals surface area contributed by atoms with Crippen molar-refractivity contribution >= 4 is 64.1 Å². The molecule has 8 heterocycles. The number of ether oxygens (including phenoxy) is 4. The van der Waals surface area contributed by atoms with Crippen molar-refractivity contribution in [2.75, 3.05) is 42.4 Å². The first-order valence-electron chi connectivity index (χ1n) is 28.3. The van der Waals surface area contributed by atoms with E-state index in [1.807, 2.05) is 6.92 Å². The van der Waals surface area contributed by atoms with Crippen LogP contribution >= 0.6 is 11.8 Å². The number of rotatable bonds is 9. The fourth-order valence-corrected chi connectivity index (χ4v) is 13.5. The molecule has 3 unspecified atom stereocenters. The second-order valence-corrected chi connectivity index (χ2v) is 24.7. The van der Waals surface area contributed by atoms with Gasteiger partial charge in [0.15, 0.2) is 5.17 Å². The third-order valence-electron chi connectivity index (χ3n) is 16.4. The summed E-state index contributed by atoms with van der Waals surface area (Å²) in [5.41, 5.74) is 15.7. The Labute approximate surface area is 506 Å². The SMILES string of the molecule is CC1(c2cc(C(=O)Nc3ccc(F)cn3)ccc2F)CC2(CCC2)OC(N)=N1.CC1(c2cc(C(=O)Nc3ccc(F)cn3)ccc2F)CC2(CCOCC2)OC(N)=N1.CC1(c2cc(C(=O)Nc3ccc(F)cn3)ccc2F)CC2(CCOCC2)SC(N)=N1. The van der Waals surface area contributed by atoms with Crippen molar-refractivity contribution in [3.63, 3.8) is 0 Å². The Morgan fingerprint density at radius 2 is 0.818 bits per heavy atom. The van der Waals surface area contributed by atoms with Gasteiger partial charge >= 0.3 is 0 Å². The number of anilines is 3. The van der Waals surface area contributed by atoms with Crippen LogP contribution in [0.1, 0.15) is 133 Å². The maximum Gasteiger partial charge on any atom is 0.283 e. The Balaban J connectivity index is 0.000000146. The van der Waals surface area contributed by atoms with E-state index in [4.69, 9.17) is 36.1 Å². The fourth-order valence-electron chi connectivity index (χ4n) is 12.1. The zero-order valence-corrected chi connectivity index (χ0v) is 49.1. The van der Waals surface area contributed by atoms with Crippen molar-refractivity contribution in [3.05, 3.63) is 178 Å². The number of nitrogens with zero attached hydrogens (tertiary/aromatic N) is 6. The lowest BCUT2D eigenvalue weighted by Crippen LogP contribution is -2.52. The van der Waals surface area contributed by atoms with Gasteiger partial charge in [-0.25, -0.2) is 51.3 Å². The number of nitrogens with two attached hydrogens (primary N) is 3. The van der Waals surface area contributed by atoms with E-state index in [-0.39, 0.29) is 62.1 Å². The molecule has 3 aromatic carbocycles. The van der Waals surface area contributed by atoms with E-state index >= 15 is 0 Å². The molecular weight excluding hydrogens is 1170 g/mol. The van der Waals surface area contributed by atoms with Gasteiger partial charge in [-0.05, 0) is 150 Å². The van der Waals surface area contributed by atoms with Crippen LogP contribution in [-0.2, 0) is 35.6 Å². The van der Waals surface area contributed by atoms with Gasteiger partial charge in [0.25, 0.3) is 29.8 Å². The highest BCUT2D eigenvalue weighted by Gasteiger charge is 2.51. The number of benzene rings is 3. The summed E-state index contributed by atoms with van der Waals surface area (Å²) < 4.78 is 106. The van der Waals surface area contributed by atoms with Gasteiger partial charge in [0, 0.05) is 77.0 Å². The molecule has 3 amide bonds. The van der Waals surface area contributed by atoms with Crippen molar-refractivity contribution in [1.82, 2.24) is 15.0 Å². The molecule has 1 saturated carbocycles. The number of carbonyl (C=O) groups is 3. The molecule has 6 aromatic rings. The molecule has 19 nitrogen and oxygen atoms in total. The standard InChI is InChI=1S/C21H22F2N4O3.C21H22F2N4O2S.C20H20F2N4O2/c2*1-20(12-21(30-19(24)27-20)6-8-29-9-7-21)15-10-13(2-4-16(15)23)18(28)26-17-5-3-14(22)11-25-17;1-19(11-20(7-2-8-20)28-18(23)26-19)14-9-12(3-5-15(14)22)17(27)25-16-6-4-13(21)10-24-16/h2*2-5,10-11H,6-9,12H2,1H3,(H2,24,27)(H,25,26,28);3-6,9-10H,2,7-8,11H2,1H3,(H2,23,26)(H,24,25,27). The third kappa shape index (κ3) is 14.2. The predicted molar refractivity (Wildman–Crippen MR) is 318 cm³/mol. The molecule has 6 aliphatic rings. The lowest BCUT2D eigenvalue weighted by atomic mass is 9.69. The highest BCUT2D eigenvalue weighted by Crippen LogP contribution is 2.52. The van der Waals surface area contributed by atoms with Gasteiger partial charge in [-0.1, -0.05) is 11.8 Å². The minimum Gasteiger partial charge on any atom is -0.459 e. The molecule has 0 radical (unpaired) electrons. The number of pyridine rings is 3. The van der Waals surface area contributed by atoms with Gasteiger partial charge in [-0.3, -0.25) is 19.4 Å². The lowest BCUT2D eigenvalue weighted by Gasteiger charge is -2.48. The Morgan fingerprint density at radius 3 is 1.16 bits per heavy atom. The average molecular weight is 1240 g/mol. The van der Waals surface area contributed by atoms with E-state index in [1.54, 1.807) is 13.8 Å². The first kappa shape index (κ1) is 62.4. The van der Waals surface area contributed by atoms with Gasteiger partial charge < -0.3 is 52.1 Å². The van der Waals surface area contributed by atoms with Crippen molar-refractivity contribution in [2.24, 2.45) is 32.2 Å². The lowest BCUT2D eigenvalue weighted by molar-refractivity contribution is -0.0796. The predicted octanol–water partition coefficient (Wildman–Crippen LogP) is 10.4. The largest absolute Gasteiger partial charge is 0.459 e. The summed E-state index contributed by atoms with van der Waals surface area (Å²) in [6, 6.07) is 20.0. The molecule has 3 atom stereocenters. The second-order valence-electron chi connectivity index (χ2n) is 23.2. The highest BCUT2D eigenvalue weighted by atomic mass is 32.2. The number of aromatic nitrogens is 3. The zero-order valence-electron chi connectivity index (χ0n) is 48.2. The number of aliphatic imine (C=N–C) groups is 3. The van der Waals surface area contributed by atoms with E-state index < -0.39 is 80.4 Å². The molecular formula is C62H64F6N12O7S. The summed E-state index contributed by atoms with van der Waals surface area (Å²) in [6.45, 7) is 7.74. The monoisotopic (exact) mass is 1230 g/mol. The summed E-state index contributed by atoms with van der Waals surface area (Å²) in [6.07, 6.45) is 10.1. The Morgan fingerprint density at radius 1 is 0.466 bits per heavy atom. The third-order valence-corrected chi connectivity index (χ3v) is 17.7. The summed E-state index contributed by atoms with van der Waals surface area (Å²) in [5.74, 6) is -3.78. The smallest absolute Gasteiger partial charge is 0.283 e. The van der Waals surface area contributed by atoms with Gasteiger partial charge in [0.1, 0.15) is 63.6 Å². The number of amidine groups is 3. The second kappa shape index (κ2) is 25.2. The minimum atomic E-state index is -1.01. The van der Waals surface area contributed by atoms with Crippen LogP contribution in [0.3, 0.4) is 0 Å². The van der Waals surface area contributed by atoms with E-state index in [1.165, 1.54) is 103 Å². The Bertz CT molecular complexity index is 3540. The summed E-state index contributed by atoms with van der Waals surface area (Å²) >= 11 is 1.53. The molecule has 2 saturated heterocycles. The molecule has 26 heteroatoms. The van der Waals surface area contributed by atoms with Crippen molar-refractivity contribution in [1.29, 1.82) is 0 Å². The molecule has 88 heavy (non-hydrogen) atoms. The summed E-state index contributed by atoms with van der Waals surface area (Å²) in [4.78, 5) is 62.6. The van der Waals surface area contributed by atoms with Crippen molar-refractivity contribution in [3.8, 4) is 0 Å². The van der Waals surface area contributed by atoms with E-state index in [0.717, 1.165) is 50.7 Å². The first-order valence-corrected chi connectivity index (χ1v) is 29.2. The summed E-state index contributed by atoms with van der Waals surface area (Å²) in [7, 11) is 0. The van der Waals surface area contributed by atoms with Gasteiger partial charge in [0.05, 0.1) is 48.4 Å².